The van der Waals surface area contributed by atoms with Gasteiger partial charge in [0.25, 0.3) is 5.91 Å². The van der Waals surface area contributed by atoms with Gasteiger partial charge in [-0.25, -0.2) is 4.98 Å². The molecule has 3 aromatic heterocycles. The van der Waals surface area contributed by atoms with E-state index in [4.69, 9.17) is 12.8 Å². The van der Waals surface area contributed by atoms with Gasteiger partial charge in [0.15, 0.2) is 11.3 Å². The van der Waals surface area contributed by atoms with Crippen molar-refractivity contribution in [1.82, 2.24) is 29.5 Å². The fourth-order valence-corrected chi connectivity index (χ4v) is 4.22. The van der Waals surface area contributed by atoms with Crippen molar-refractivity contribution in [2.75, 3.05) is 6.54 Å². The van der Waals surface area contributed by atoms with Crippen LogP contribution in [-0.2, 0) is 19.1 Å². The summed E-state index contributed by atoms with van der Waals surface area (Å²) in [5.41, 5.74) is 3.00. The number of carbonyl (C=O) groups excluding carboxylic acids is 1. The molecule has 7 nitrogen and oxygen atoms in total. The Morgan fingerprint density at radius 1 is 1.14 bits per heavy atom. The van der Waals surface area contributed by atoms with Crippen LogP contribution in [0.5, 0.6) is 0 Å². The lowest BCUT2D eigenvalue weighted by atomic mass is 9.96. The molecule has 4 rings (SSSR count). The Bertz CT molecular complexity index is 1530. The van der Waals surface area contributed by atoms with Gasteiger partial charge in [0.2, 0.25) is 0 Å². The molecule has 36 heavy (non-hydrogen) atoms. The highest BCUT2D eigenvalue weighted by Crippen LogP contribution is 2.36. The molecule has 1 aromatic carbocycles. The summed E-state index contributed by atoms with van der Waals surface area (Å²) in [5.74, 6) is 4.42. The third-order valence-corrected chi connectivity index (χ3v) is 5.60. The first-order valence-corrected chi connectivity index (χ1v) is 10.8. The lowest BCUT2D eigenvalue weighted by Gasteiger charge is -2.12. The van der Waals surface area contributed by atoms with Gasteiger partial charge in [0.1, 0.15) is 6.54 Å². The van der Waals surface area contributed by atoms with Crippen molar-refractivity contribution in [3.63, 3.8) is 0 Å². The average molecular weight is 490 g/mol. The van der Waals surface area contributed by atoms with E-state index in [2.05, 4.69) is 32.2 Å². The third-order valence-electron chi connectivity index (χ3n) is 5.60. The second kappa shape index (κ2) is 9.59. The minimum atomic E-state index is -4.67. The molecular formula is C26H21F3N6O. The first kappa shape index (κ1) is 24.6. The highest BCUT2D eigenvalue weighted by atomic mass is 19.4. The van der Waals surface area contributed by atoms with Gasteiger partial charge in [-0.15, -0.1) is 12.8 Å². The van der Waals surface area contributed by atoms with E-state index in [0.717, 1.165) is 21.4 Å². The number of nitrogens with one attached hydrogen (secondary N) is 1. The van der Waals surface area contributed by atoms with Crippen molar-refractivity contribution in [2.24, 2.45) is 0 Å². The minimum Gasteiger partial charge on any atom is -0.341 e. The van der Waals surface area contributed by atoms with Crippen LogP contribution in [0.3, 0.4) is 0 Å². The topological polar surface area (TPSA) is 77.1 Å². The minimum absolute atomic E-state index is 0.0952. The van der Waals surface area contributed by atoms with Crippen LogP contribution in [0.1, 0.15) is 38.4 Å². The first-order chi connectivity index (χ1) is 17.1. The second-order valence-electron chi connectivity index (χ2n) is 8.17. The number of hydrogen-bond donors (Lipinski definition) is 1. The summed E-state index contributed by atoms with van der Waals surface area (Å²) in [6.45, 7) is 3.69. The Balaban J connectivity index is 1.73. The van der Waals surface area contributed by atoms with Crippen molar-refractivity contribution in [2.45, 2.75) is 33.0 Å². The Kier molecular flexibility index (Phi) is 6.54. The van der Waals surface area contributed by atoms with E-state index in [0.29, 0.717) is 23.3 Å². The quantitative estimate of drug-likeness (QED) is 0.417. The highest BCUT2D eigenvalue weighted by molar-refractivity contribution is 5.97. The largest absolute Gasteiger partial charge is 0.435 e. The zero-order chi connectivity index (χ0) is 26.0. The van der Waals surface area contributed by atoms with Crippen molar-refractivity contribution >= 4 is 11.6 Å². The van der Waals surface area contributed by atoms with Crippen LogP contribution in [0.25, 0.3) is 16.9 Å². The number of aromatic nitrogens is 5. The van der Waals surface area contributed by atoms with Crippen LogP contribution in [0.2, 0.25) is 0 Å². The lowest BCUT2D eigenvalue weighted by Crippen LogP contribution is -2.25. The van der Waals surface area contributed by atoms with Crippen LogP contribution in [0, 0.1) is 38.5 Å². The Hall–Kier alpha value is -4.57. The van der Waals surface area contributed by atoms with Gasteiger partial charge in [0, 0.05) is 30.6 Å². The molecule has 0 radical (unpaired) electrons. The maximum Gasteiger partial charge on any atom is 0.435 e. The molecule has 0 aliphatic heterocycles. The van der Waals surface area contributed by atoms with E-state index in [1.807, 2.05) is 26.0 Å². The number of fused-ring (bicyclic) bond motifs is 1. The van der Waals surface area contributed by atoms with E-state index < -0.39 is 11.9 Å². The summed E-state index contributed by atoms with van der Waals surface area (Å²) in [6, 6.07) is 3.75. The second-order valence-corrected chi connectivity index (χ2v) is 8.17. The maximum atomic E-state index is 13.7. The van der Waals surface area contributed by atoms with Gasteiger partial charge in [-0.3, -0.25) is 18.9 Å². The van der Waals surface area contributed by atoms with E-state index in [1.165, 1.54) is 18.6 Å². The number of aryl methyl sites for hydroxylation is 2. The van der Waals surface area contributed by atoms with Crippen molar-refractivity contribution < 1.29 is 18.0 Å². The van der Waals surface area contributed by atoms with Crippen LogP contribution in [-0.4, -0.2) is 36.6 Å². The summed E-state index contributed by atoms with van der Waals surface area (Å²) >= 11 is 0. The average Bonchev–Trinajstić information content (AvgIpc) is 3.42. The molecule has 0 aliphatic carbocycles. The van der Waals surface area contributed by atoms with Crippen LogP contribution >= 0.6 is 0 Å². The fourth-order valence-electron chi connectivity index (χ4n) is 4.22. The zero-order valence-electron chi connectivity index (χ0n) is 19.5. The normalized spacial score (nSPS) is 11.3. The number of carbonyl (C=O) groups is 1. The molecule has 0 saturated carbocycles. The van der Waals surface area contributed by atoms with Crippen molar-refractivity contribution in [3.05, 3.63) is 70.6 Å². The first-order valence-electron chi connectivity index (χ1n) is 10.8. The van der Waals surface area contributed by atoms with E-state index in [-0.39, 0.29) is 30.3 Å². The number of benzene rings is 1. The smallest absolute Gasteiger partial charge is 0.341 e. The maximum absolute atomic E-state index is 13.7. The summed E-state index contributed by atoms with van der Waals surface area (Å²) in [5, 5.41) is 6.30. The van der Waals surface area contributed by atoms with Crippen molar-refractivity contribution in [1.29, 1.82) is 0 Å². The number of alkyl halides is 3. The van der Waals surface area contributed by atoms with Crippen LogP contribution in [0.4, 0.5) is 13.2 Å². The Morgan fingerprint density at radius 3 is 2.50 bits per heavy atom. The molecule has 1 amide bonds. The molecule has 10 heteroatoms. The molecule has 182 valence electrons. The van der Waals surface area contributed by atoms with Crippen molar-refractivity contribution in [3.8, 4) is 35.9 Å². The van der Waals surface area contributed by atoms with Gasteiger partial charge in [0.05, 0.1) is 29.7 Å². The number of halogens is 3. The summed E-state index contributed by atoms with van der Waals surface area (Å²) in [7, 11) is 0. The standard InChI is InChI=1S/C26H21F3N6O/c1-5-7-31-25(36)22-16(3)11-18(12-17(22)4)13-20-24-32-14-21(35(24)10-8-30-20)19-15-34(9-6-2)33-23(19)26(27,28)29/h1-2,8,10-12,14-15H,7,9,13H2,3-4H3,(H,31,36). The number of amides is 1. The van der Waals surface area contributed by atoms with Gasteiger partial charge in [-0.2, -0.15) is 18.3 Å². The molecule has 0 unspecified atom stereocenters. The molecular weight excluding hydrogens is 469 g/mol. The summed E-state index contributed by atoms with van der Waals surface area (Å²) < 4.78 is 43.7. The molecule has 0 atom stereocenters. The Morgan fingerprint density at radius 2 is 1.86 bits per heavy atom. The molecule has 0 spiro atoms. The molecule has 1 N–H and O–H groups in total. The lowest BCUT2D eigenvalue weighted by molar-refractivity contribution is -0.141. The van der Waals surface area contributed by atoms with Gasteiger partial charge in [-0.1, -0.05) is 24.0 Å². The summed E-state index contributed by atoms with van der Waals surface area (Å²) in [4.78, 5) is 21.2. The van der Waals surface area contributed by atoms with Gasteiger partial charge in [-0.05, 0) is 30.5 Å². The fraction of sp³-hybridized carbons (Fsp3) is 0.231. The number of imidazole rings is 1. The molecule has 3 heterocycles. The molecule has 0 saturated heterocycles. The predicted octanol–water partition coefficient (Wildman–Crippen LogP) is 3.82. The summed E-state index contributed by atoms with van der Waals surface area (Å²) in [6.07, 6.45) is 11.9. The number of nitrogens with zero attached hydrogens (tertiary/aromatic N) is 5. The van der Waals surface area contributed by atoms with E-state index in [9.17, 15) is 18.0 Å². The Labute approximate surface area is 205 Å². The zero-order valence-corrected chi connectivity index (χ0v) is 19.5. The molecule has 0 aliphatic rings. The number of hydrogen-bond acceptors (Lipinski definition) is 4. The molecule has 0 fully saturated rings. The molecule has 0 bridgehead atoms. The number of rotatable bonds is 6. The number of terminal acetylenes is 2. The van der Waals surface area contributed by atoms with E-state index >= 15 is 0 Å². The molecule has 4 aromatic rings. The van der Waals surface area contributed by atoms with E-state index in [1.54, 1.807) is 10.6 Å². The van der Waals surface area contributed by atoms with Gasteiger partial charge < -0.3 is 5.32 Å². The SMILES string of the molecule is C#CCNC(=O)c1c(C)cc(Cc2nccn3c(-c4cn(CC#C)nc4C(F)(F)F)cnc23)cc1C. The van der Waals surface area contributed by atoms with Gasteiger partial charge >= 0.3 is 6.18 Å². The van der Waals surface area contributed by atoms with Crippen LogP contribution < -0.4 is 5.32 Å². The van der Waals surface area contributed by atoms with Crippen LogP contribution in [0.15, 0.2) is 36.9 Å². The monoisotopic (exact) mass is 490 g/mol. The predicted molar refractivity (Wildman–Crippen MR) is 128 cm³/mol. The highest BCUT2D eigenvalue weighted by Gasteiger charge is 2.38. The third kappa shape index (κ3) is 4.66.